The van der Waals surface area contributed by atoms with E-state index in [1.165, 1.54) is 6.07 Å². The van der Waals surface area contributed by atoms with Gasteiger partial charge in [0.2, 0.25) is 0 Å². The second-order valence-electron chi connectivity index (χ2n) is 8.27. The van der Waals surface area contributed by atoms with E-state index in [2.05, 4.69) is 29.1 Å². The number of aromatic nitrogens is 2. The van der Waals surface area contributed by atoms with Crippen LogP contribution in [-0.2, 0) is 27.8 Å². The van der Waals surface area contributed by atoms with Gasteiger partial charge in [0.25, 0.3) is 0 Å². The summed E-state index contributed by atoms with van der Waals surface area (Å²) in [4.78, 5) is 8.27. The summed E-state index contributed by atoms with van der Waals surface area (Å²) >= 11 is 0. The summed E-state index contributed by atoms with van der Waals surface area (Å²) in [6, 6.07) is 9.84. The predicted molar refractivity (Wildman–Crippen MR) is 116 cm³/mol. The quantitative estimate of drug-likeness (QED) is 0.500. The van der Waals surface area contributed by atoms with Gasteiger partial charge >= 0.3 is 6.18 Å². The Bertz CT molecular complexity index is 844. The van der Waals surface area contributed by atoms with Gasteiger partial charge in [0.1, 0.15) is 11.3 Å². The van der Waals surface area contributed by atoms with Crippen LogP contribution in [0.15, 0.2) is 42.6 Å². The van der Waals surface area contributed by atoms with Gasteiger partial charge in [0.05, 0.1) is 23.6 Å². The molecule has 3 rings (SSSR count). The number of nitrogens with zero attached hydrogens (tertiary/aromatic N) is 2. The molecule has 0 aromatic carbocycles. The monoisotopic (exact) mass is 451 g/mol. The van der Waals surface area contributed by atoms with Gasteiger partial charge in [-0.2, -0.15) is 13.2 Å². The number of hydrogen-bond donors (Lipinski definition) is 1. The van der Waals surface area contributed by atoms with Crippen LogP contribution in [0.25, 0.3) is 0 Å². The van der Waals surface area contributed by atoms with Gasteiger partial charge in [-0.3, -0.25) is 4.98 Å². The Morgan fingerprint density at radius 2 is 1.94 bits per heavy atom. The highest BCUT2D eigenvalue weighted by Gasteiger charge is 2.46. The Balaban J connectivity index is 1.55. The minimum absolute atomic E-state index is 0.219. The van der Waals surface area contributed by atoms with Gasteiger partial charge in [0.15, 0.2) is 0 Å². The lowest BCUT2D eigenvalue weighted by atomic mass is 9.77. The maximum Gasteiger partial charge on any atom is 0.433 e. The summed E-state index contributed by atoms with van der Waals surface area (Å²) in [5.41, 5.74) is -0.286. The molecule has 0 aliphatic carbocycles. The van der Waals surface area contributed by atoms with Gasteiger partial charge < -0.3 is 14.8 Å². The minimum Gasteiger partial charge on any atom is -0.375 e. The molecule has 0 radical (unpaired) electrons. The van der Waals surface area contributed by atoms with Crippen LogP contribution >= 0.6 is 0 Å². The summed E-state index contributed by atoms with van der Waals surface area (Å²) in [6.45, 7) is 6.31. The third-order valence-corrected chi connectivity index (χ3v) is 6.22. The molecule has 1 atom stereocenters. The Morgan fingerprint density at radius 3 is 2.62 bits per heavy atom. The van der Waals surface area contributed by atoms with Crippen LogP contribution in [0, 0.1) is 0 Å². The first-order valence-corrected chi connectivity index (χ1v) is 11.3. The average molecular weight is 452 g/mol. The van der Waals surface area contributed by atoms with Crippen LogP contribution in [0.4, 0.5) is 13.2 Å². The summed E-state index contributed by atoms with van der Waals surface area (Å²) < 4.78 is 51.1. The van der Waals surface area contributed by atoms with Crippen molar-refractivity contribution in [2.45, 2.75) is 69.9 Å². The fourth-order valence-corrected chi connectivity index (χ4v) is 4.26. The van der Waals surface area contributed by atoms with Crippen molar-refractivity contribution in [3.63, 3.8) is 0 Å². The zero-order valence-electron chi connectivity index (χ0n) is 18.8. The standard InChI is InChI=1S/C24H32F3N3O2/c1-3-22(4-2)18-23(12-16-31-22,20-10-5-6-14-29-20)32-15-8-13-28-17-19-9-7-11-21(30-19)24(25,26)27/h5-7,9-11,14,28H,3-4,8,12-13,15-18H2,1-2H3. The van der Waals surface area contributed by atoms with Crippen molar-refractivity contribution in [3.05, 3.63) is 59.7 Å². The molecule has 32 heavy (non-hydrogen) atoms. The molecule has 2 aromatic rings. The molecule has 8 heteroatoms. The maximum absolute atomic E-state index is 12.8. The molecule has 2 aromatic heterocycles. The third-order valence-electron chi connectivity index (χ3n) is 6.22. The fourth-order valence-electron chi connectivity index (χ4n) is 4.26. The number of nitrogens with one attached hydrogen (secondary N) is 1. The Hall–Kier alpha value is -2.03. The molecule has 1 aliphatic rings. The van der Waals surface area contributed by atoms with E-state index in [9.17, 15) is 13.2 Å². The van der Waals surface area contributed by atoms with Gasteiger partial charge in [0, 0.05) is 32.2 Å². The van der Waals surface area contributed by atoms with Gasteiger partial charge in [-0.15, -0.1) is 0 Å². The number of ether oxygens (including phenoxy) is 2. The van der Waals surface area contributed by atoms with Crippen LogP contribution in [0.1, 0.15) is 63.0 Å². The Morgan fingerprint density at radius 1 is 1.12 bits per heavy atom. The second-order valence-corrected chi connectivity index (χ2v) is 8.27. The predicted octanol–water partition coefficient (Wildman–Crippen LogP) is 5.26. The van der Waals surface area contributed by atoms with Gasteiger partial charge in [-0.05, 0) is 50.1 Å². The number of halogens is 3. The maximum atomic E-state index is 12.8. The topological polar surface area (TPSA) is 56.3 Å². The van der Waals surface area contributed by atoms with Crippen LogP contribution in [-0.4, -0.2) is 35.3 Å². The van der Waals surface area contributed by atoms with Crippen LogP contribution < -0.4 is 5.32 Å². The van der Waals surface area contributed by atoms with E-state index in [0.29, 0.717) is 25.5 Å². The Kier molecular flexibility index (Phi) is 8.25. The smallest absolute Gasteiger partial charge is 0.375 e. The summed E-state index contributed by atoms with van der Waals surface area (Å²) in [6.07, 6.45) is 1.40. The van der Waals surface area contributed by atoms with E-state index in [-0.39, 0.29) is 12.1 Å². The highest BCUT2D eigenvalue weighted by atomic mass is 19.4. The van der Waals surface area contributed by atoms with E-state index < -0.39 is 17.5 Å². The Labute approximate surface area is 187 Å². The van der Waals surface area contributed by atoms with Crippen LogP contribution in [0.2, 0.25) is 0 Å². The molecule has 0 spiro atoms. The number of hydrogen-bond acceptors (Lipinski definition) is 5. The molecule has 1 N–H and O–H groups in total. The molecule has 1 saturated heterocycles. The lowest BCUT2D eigenvalue weighted by Crippen LogP contribution is -2.48. The number of pyridine rings is 2. The molecule has 5 nitrogen and oxygen atoms in total. The first-order valence-electron chi connectivity index (χ1n) is 11.3. The molecular formula is C24H32F3N3O2. The summed E-state index contributed by atoms with van der Waals surface area (Å²) in [7, 11) is 0. The van der Waals surface area contributed by atoms with Crippen molar-refractivity contribution >= 4 is 0 Å². The minimum atomic E-state index is -4.43. The summed E-state index contributed by atoms with van der Waals surface area (Å²) in [5.74, 6) is 0. The molecule has 0 bridgehead atoms. The van der Waals surface area contributed by atoms with Crippen molar-refractivity contribution in [1.29, 1.82) is 0 Å². The number of rotatable bonds is 10. The molecule has 1 unspecified atom stereocenters. The van der Waals surface area contributed by atoms with E-state index in [1.807, 2.05) is 18.2 Å². The lowest BCUT2D eigenvalue weighted by Gasteiger charge is -2.47. The van der Waals surface area contributed by atoms with Crippen molar-refractivity contribution < 1.29 is 22.6 Å². The SMILES string of the molecule is CCC1(CC)CC(OCCCNCc2cccc(C(F)(F)F)n2)(c2ccccn2)CCO1. The van der Waals surface area contributed by atoms with Crippen molar-refractivity contribution in [3.8, 4) is 0 Å². The molecule has 1 aliphatic heterocycles. The van der Waals surface area contributed by atoms with Gasteiger partial charge in [-0.1, -0.05) is 26.0 Å². The zero-order chi connectivity index (χ0) is 23.1. The third kappa shape index (κ3) is 6.05. The number of alkyl halides is 3. The lowest BCUT2D eigenvalue weighted by molar-refractivity contribution is -0.191. The summed E-state index contributed by atoms with van der Waals surface area (Å²) in [5, 5.41) is 3.16. The molecule has 3 heterocycles. The fraction of sp³-hybridized carbons (Fsp3) is 0.583. The van der Waals surface area contributed by atoms with Crippen molar-refractivity contribution in [2.75, 3.05) is 19.8 Å². The van der Waals surface area contributed by atoms with E-state index in [0.717, 1.165) is 43.9 Å². The zero-order valence-corrected chi connectivity index (χ0v) is 18.8. The van der Waals surface area contributed by atoms with E-state index in [1.54, 1.807) is 12.3 Å². The largest absolute Gasteiger partial charge is 0.433 e. The first-order chi connectivity index (χ1) is 15.3. The molecule has 176 valence electrons. The van der Waals surface area contributed by atoms with E-state index >= 15 is 0 Å². The van der Waals surface area contributed by atoms with Crippen LogP contribution in [0.5, 0.6) is 0 Å². The molecule has 1 fully saturated rings. The molecular weight excluding hydrogens is 419 g/mol. The highest BCUT2D eigenvalue weighted by Crippen LogP contribution is 2.44. The van der Waals surface area contributed by atoms with Crippen LogP contribution in [0.3, 0.4) is 0 Å². The molecule has 0 amide bonds. The molecule has 0 saturated carbocycles. The normalized spacial score (nSPS) is 20.9. The first kappa shape index (κ1) is 24.6. The van der Waals surface area contributed by atoms with E-state index in [4.69, 9.17) is 9.47 Å². The van der Waals surface area contributed by atoms with Gasteiger partial charge in [-0.25, -0.2) is 4.98 Å². The highest BCUT2D eigenvalue weighted by molar-refractivity contribution is 5.16. The average Bonchev–Trinajstić information content (AvgIpc) is 2.81. The van der Waals surface area contributed by atoms with Crippen molar-refractivity contribution in [2.24, 2.45) is 0 Å². The second kappa shape index (κ2) is 10.7. The van der Waals surface area contributed by atoms with Crippen molar-refractivity contribution in [1.82, 2.24) is 15.3 Å².